The second-order valence-electron chi connectivity index (χ2n) is 6.83. The van der Waals surface area contributed by atoms with Crippen LogP contribution in [0.15, 0.2) is 109 Å². The second kappa shape index (κ2) is 10.6. The van der Waals surface area contributed by atoms with Crippen LogP contribution in [-0.2, 0) is 23.2 Å². The van der Waals surface area contributed by atoms with Crippen LogP contribution in [0, 0.1) is 0 Å². The van der Waals surface area contributed by atoms with E-state index in [2.05, 4.69) is 5.10 Å². The Morgan fingerprint density at radius 3 is 2.12 bits per heavy atom. The van der Waals surface area contributed by atoms with Crippen molar-refractivity contribution in [2.24, 2.45) is 0 Å². The van der Waals surface area contributed by atoms with Gasteiger partial charge in [-0.05, 0) is 23.1 Å². The van der Waals surface area contributed by atoms with Gasteiger partial charge in [-0.1, -0.05) is 36.4 Å². The molecule has 0 saturated heterocycles. The first-order valence-corrected chi connectivity index (χ1v) is 10.6. The van der Waals surface area contributed by atoms with Crippen molar-refractivity contribution in [3.05, 3.63) is 125 Å². The smallest absolute Gasteiger partial charge is 0.263 e. The van der Waals surface area contributed by atoms with Gasteiger partial charge in [0.05, 0.1) is 16.6 Å². The van der Waals surface area contributed by atoms with Crippen LogP contribution in [0.25, 0.3) is 10.6 Å². The van der Waals surface area contributed by atoms with Gasteiger partial charge in [-0.25, -0.2) is 24.3 Å². The molecule has 0 amide bonds. The molecule has 0 aliphatic heterocycles. The summed E-state index contributed by atoms with van der Waals surface area (Å²) in [5.74, 6) is 0. The van der Waals surface area contributed by atoms with E-state index in [9.17, 15) is 13.2 Å². The van der Waals surface area contributed by atoms with E-state index >= 15 is 0 Å². The summed E-state index contributed by atoms with van der Waals surface area (Å²) in [5.41, 5.74) is 1.36. The van der Waals surface area contributed by atoms with E-state index in [1.54, 1.807) is 0 Å². The molecule has 0 saturated carbocycles. The van der Waals surface area contributed by atoms with Crippen LogP contribution in [0.2, 0.25) is 0 Å². The van der Waals surface area contributed by atoms with Crippen LogP contribution in [0.1, 0.15) is 22.9 Å². The maximum Gasteiger partial charge on any atom is 2.00 e. The average molecular weight is 492 g/mol. The summed E-state index contributed by atoms with van der Waals surface area (Å²) in [6.45, 7) is 0. The normalized spacial score (nSPS) is 11.8. The quantitative estimate of drug-likeness (QED) is 0.189. The van der Waals surface area contributed by atoms with Gasteiger partial charge >= 0.3 is 23.2 Å². The van der Waals surface area contributed by atoms with Crippen molar-refractivity contribution in [1.29, 1.82) is 0 Å². The molecule has 2 nitrogen and oxygen atoms in total. The number of benzene rings is 1. The van der Waals surface area contributed by atoms with Gasteiger partial charge in [0.25, 0.3) is 0 Å². The van der Waals surface area contributed by atoms with Gasteiger partial charge in [-0.2, -0.15) is 48.6 Å². The van der Waals surface area contributed by atoms with Crippen LogP contribution < -0.4 is 0 Å². The predicted molar refractivity (Wildman–Crippen MR) is 118 cm³/mol. The molecule has 2 heterocycles. The molecule has 1 unspecified atom stereocenters. The largest absolute Gasteiger partial charge is 2.00 e. The zero-order valence-electron chi connectivity index (χ0n) is 16.8. The van der Waals surface area contributed by atoms with E-state index in [1.807, 2.05) is 102 Å². The third-order valence-electron chi connectivity index (χ3n) is 4.72. The second-order valence-corrected chi connectivity index (χ2v) is 7.78. The third-order valence-corrected chi connectivity index (χ3v) is 5.61. The van der Waals surface area contributed by atoms with Crippen LogP contribution >= 0.6 is 11.3 Å². The molecule has 0 aliphatic carbocycles. The molecule has 164 valence electrons. The standard InChI is InChI=1S/C20H14F3N2S.C5H5.Fe/c21-20(22,23)18-13-16(17-11-6-12-26-17)25(24-18)19(15-9-4-5-10-15)14-7-2-1-3-8-14;1-2-4-5-3-1;/h1-13,19H;1-5H;/q2*-1;+2. The first-order chi connectivity index (χ1) is 15.0. The molecular formula is C25H19F3FeN2S. The zero-order chi connectivity index (χ0) is 21.7. The van der Waals surface area contributed by atoms with Crippen LogP contribution in [-0.4, -0.2) is 9.78 Å². The Morgan fingerprint density at radius 1 is 0.906 bits per heavy atom. The summed E-state index contributed by atoms with van der Waals surface area (Å²) in [6, 6.07) is 31.4. The molecule has 0 spiro atoms. The Labute approximate surface area is 199 Å². The van der Waals surface area contributed by atoms with Crippen molar-refractivity contribution in [3.8, 4) is 10.6 Å². The van der Waals surface area contributed by atoms with Crippen LogP contribution in [0.5, 0.6) is 0 Å². The maximum absolute atomic E-state index is 13.4. The molecule has 0 aliphatic rings. The van der Waals surface area contributed by atoms with E-state index in [-0.39, 0.29) is 17.1 Å². The molecule has 2 aromatic heterocycles. The summed E-state index contributed by atoms with van der Waals surface area (Å²) in [4.78, 5) is 0.750. The van der Waals surface area contributed by atoms with E-state index < -0.39 is 17.9 Å². The molecule has 0 radical (unpaired) electrons. The minimum absolute atomic E-state index is 0. The van der Waals surface area contributed by atoms with Gasteiger partial charge in [-0.3, -0.25) is 4.68 Å². The van der Waals surface area contributed by atoms with Gasteiger partial charge in [0.1, 0.15) is 0 Å². The number of aromatic nitrogens is 2. The minimum Gasteiger partial charge on any atom is -0.263 e. The van der Waals surface area contributed by atoms with Gasteiger partial charge in [0.2, 0.25) is 0 Å². The van der Waals surface area contributed by atoms with E-state index in [0.717, 1.165) is 22.1 Å². The minimum atomic E-state index is -4.50. The molecule has 7 heteroatoms. The van der Waals surface area contributed by atoms with Crippen molar-refractivity contribution in [1.82, 2.24) is 9.78 Å². The van der Waals surface area contributed by atoms with Crippen molar-refractivity contribution in [2.45, 2.75) is 12.2 Å². The van der Waals surface area contributed by atoms with Crippen molar-refractivity contribution < 1.29 is 30.2 Å². The van der Waals surface area contributed by atoms with E-state index in [0.29, 0.717) is 5.69 Å². The zero-order valence-corrected chi connectivity index (χ0v) is 18.7. The van der Waals surface area contributed by atoms with E-state index in [4.69, 9.17) is 0 Å². The number of halogens is 3. The number of thiophene rings is 1. The van der Waals surface area contributed by atoms with Gasteiger partial charge in [0.15, 0.2) is 5.69 Å². The Morgan fingerprint density at radius 2 is 1.59 bits per heavy atom. The fraction of sp³-hybridized carbons (Fsp3) is 0.0800. The number of nitrogens with zero attached hydrogens (tertiary/aromatic N) is 2. The molecule has 0 bridgehead atoms. The fourth-order valence-electron chi connectivity index (χ4n) is 3.34. The first kappa shape index (κ1) is 23.8. The number of alkyl halides is 3. The molecule has 0 N–H and O–H groups in total. The predicted octanol–water partition coefficient (Wildman–Crippen LogP) is 7.39. The van der Waals surface area contributed by atoms with Gasteiger partial charge < -0.3 is 0 Å². The van der Waals surface area contributed by atoms with E-state index in [1.165, 1.54) is 16.0 Å². The summed E-state index contributed by atoms with van der Waals surface area (Å²) in [5, 5.41) is 5.82. The Hall–Kier alpha value is -2.86. The summed E-state index contributed by atoms with van der Waals surface area (Å²) in [6.07, 6.45) is -4.50. The van der Waals surface area contributed by atoms with Gasteiger partial charge in [0, 0.05) is 0 Å². The molecule has 3 aromatic carbocycles. The monoisotopic (exact) mass is 492 g/mol. The Balaban J connectivity index is 0.000000427. The topological polar surface area (TPSA) is 17.8 Å². The van der Waals surface area contributed by atoms with Crippen molar-refractivity contribution in [2.75, 3.05) is 0 Å². The van der Waals surface area contributed by atoms with Crippen molar-refractivity contribution in [3.63, 3.8) is 0 Å². The van der Waals surface area contributed by atoms with Crippen LogP contribution in [0.4, 0.5) is 13.2 Å². The third kappa shape index (κ3) is 5.49. The number of hydrogen-bond acceptors (Lipinski definition) is 2. The number of rotatable bonds is 4. The fourth-order valence-corrected chi connectivity index (χ4v) is 4.07. The number of hydrogen-bond donors (Lipinski definition) is 0. The van der Waals surface area contributed by atoms with Crippen LogP contribution in [0.3, 0.4) is 0 Å². The Bertz CT molecular complexity index is 1140. The first-order valence-electron chi connectivity index (χ1n) is 9.68. The molecule has 32 heavy (non-hydrogen) atoms. The molecule has 1 atom stereocenters. The summed E-state index contributed by atoms with van der Waals surface area (Å²) in [7, 11) is 0. The van der Waals surface area contributed by atoms with Crippen molar-refractivity contribution >= 4 is 11.3 Å². The molecule has 0 fully saturated rings. The average Bonchev–Trinajstić information content (AvgIpc) is 3.58. The maximum atomic E-state index is 13.4. The SMILES string of the molecule is FC(F)(F)c1cc(-c2cccs2)n(C(c2ccccc2)[c-]2cccc2)n1.[Fe+2].c1cc[cH-]c1. The summed E-state index contributed by atoms with van der Waals surface area (Å²) >= 11 is 1.40. The molecule has 5 rings (SSSR count). The molecular weight excluding hydrogens is 473 g/mol. The summed E-state index contributed by atoms with van der Waals surface area (Å²) < 4.78 is 41.6. The van der Waals surface area contributed by atoms with Gasteiger partial charge in [-0.15, -0.1) is 16.9 Å². The molecule has 5 aromatic rings. The Kier molecular flexibility index (Phi) is 7.91.